The third-order valence-corrected chi connectivity index (χ3v) is 4.93. The lowest BCUT2D eigenvalue weighted by Gasteiger charge is -2.08. The molecule has 0 bridgehead atoms. The van der Waals surface area contributed by atoms with Crippen LogP contribution in [0.2, 0.25) is 0 Å². The molecule has 26 heavy (non-hydrogen) atoms. The fraction of sp³-hybridized carbons (Fsp3) is 0.105. The Hall–Kier alpha value is -3.06. The monoisotopic (exact) mass is 364 g/mol. The smallest absolute Gasteiger partial charge is 0.258 e. The molecule has 0 aliphatic carbocycles. The number of thioether (sulfide) groups is 1. The second-order valence-corrected chi connectivity index (χ2v) is 6.52. The van der Waals surface area contributed by atoms with Gasteiger partial charge in [0.05, 0.1) is 12.8 Å². The topological polar surface area (TPSA) is 61.4 Å². The molecule has 0 spiro atoms. The van der Waals surface area contributed by atoms with Crippen molar-refractivity contribution in [1.29, 1.82) is 0 Å². The second-order valence-electron chi connectivity index (χ2n) is 5.58. The predicted molar refractivity (Wildman–Crippen MR) is 101 cm³/mol. The van der Waals surface area contributed by atoms with Crippen LogP contribution in [0.1, 0.15) is 5.69 Å². The van der Waals surface area contributed by atoms with Gasteiger partial charge in [-0.3, -0.25) is 13.8 Å². The van der Waals surface area contributed by atoms with E-state index in [1.807, 2.05) is 53.2 Å². The average Bonchev–Trinajstić information content (AvgIpc) is 3.15. The number of imidazole rings is 1. The molecule has 1 aromatic carbocycles. The molecule has 6 nitrogen and oxygen atoms in total. The largest absolute Gasteiger partial charge is 0.497 e. The Bertz CT molecular complexity index is 1100. The fourth-order valence-electron chi connectivity index (χ4n) is 2.65. The van der Waals surface area contributed by atoms with Gasteiger partial charge in [-0.15, -0.1) is 0 Å². The Morgan fingerprint density at radius 1 is 1.12 bits per heavy atom. The van der Waals surface area contributed by atoms with Crippen LogP contribution in [-0.4, -0.2) is 26.0 Å². The molecule has 4 aromatic rings. The van der Waals surface area contributed by atoms with Gasteiger partial charge in [-0.05, 0) is 36.4 Å². The summed E-state index contributed by atoms with van der Waals surface area (Å²) in [5.74, 6) is 1.37. The molecule has 0 unspecified atom stereocenters. The van der Waals surface area contributed by atoms with Crippen LogP contribution in [0.4, 0.5) is 0 Å². The van der Waals surface area contributed by atoms with Crippen LogP contribution in [-0.2, 0) is 5.75 Å². The summed E-state index contributed by atoms with van der Waals surface area (Å²) in [6.45, 7) is 0. The van der Waals surface area contributed by atoms with Crippen molar-refractivity contribution in [3.05, 3.63) is 83.2 Å². The summed E-state index contributed by atoms with van der Waals surface area (Å²) in [4.78, 5) is 21.2. The number of rotatable bonds is 5. The number of fused-ring (bicyclic) bond motifs is 1. The van der Waals surface area contributed by atoms with Crippen molar-refractivity contribution in [2.45, 2.75) is 10.9 Å². The minimum atomic E-state index is -0.0790. The first-order valence-electron chi connectivity index (χ1n) is 8.02. The number of benzene rings is 1. The average molecular weight is 364 g/mol. The first-order valence-corrected chi connectivity index (χ1v) is 9.01. The highest BCUT2D eigenvalue weighted by Gasteiger charge is 2.08. The number of pyridine rings is 1. The van der Waals surface area contributed by atoms with Gasteiger partial charge in [-0.1, -0.05) is 17.8 Å². The van der Waals surface area contributed by atoms with E-state index in [4.69, 9.17) is 4.74 Å². The molecule has 4 rings (SSSR count). The molecule has 0 atom stereocenters. The summed E-state index contributed by atoms with van der Waals surface area (Å²) in [5.41, 5.74) is 2.30. The minimum Gasteiger partial charge on any atom is -0.497 e. The molecule has 0 fully saturated rings. The van der Waals surface area contributed by atoms with Gasteiger partial charge in [-0.2, -0.15) is 0 Å². The molecule has 0 radical (unpaired) electrons. The summed E-state index contributed by atoms with van der Waals surface area (Å²) in [6, 6.07) is 14.9. The molecule has 0 aliphatic rings. The van der Waals surface area contributed by atoms with E-state index in [-0.39, 0.29) is 5.56 Å². The molecular formula is C19H16N4O2S. The van der Waals surface area contributed by atoms with Crippen LogP contribution in [0.15, 0.2) is 77.1 Å². The van der Waals surface area contributed by atoms with Crippen LogP contribution in [0.5, 0.6) is 5.75 Å². The van der Waals surface area contributed by atoms with Crippen molar-refractivity contribution < 1.29 is 4.74 Å². The molecule has 3 aromatic heterocycles. The molecule has 0 saturated carbocycles. The zero-order chi connectivity index (χ0) is 17.9. The normalized spacial score (nSPS) is 11.0. The third-order valence-electron chi connectivity index (χ3n) is 3.93. The maximum Gasteiger partial charge on any atom is 0.258 e. The van der Waals surface area contributed by atoms with Crippen molar-refractivity contribution in [2.24, 2.45) is 0 Å². The zero-order valence-corrected chi connectivity index (χ0v) is 14.9. The summed E-state index contributed by atoms with van der Waals surface area (Å²) in [5, 5.41) is 0.838. The standard InChI is InChI=1S/C19H16N4O2S/c1-25-16-7-5-15(6-8-16)22-11-9-20-19(22)26-13-14-12-18(24)23-10-3-2-4-17(23)21-14/h2-12H,13H2,1H3. The van der Waals surface area contributed by atoms with E-state index in [0.717, 1.165) is 22.3 Å². The van der Waals surface area contributed by atoms with Crippen LogP contribution in [0, 0.1) is 0 Å². The first kappa shape index (κ1) is 16.4. The number of hydrogen-bond donors (Lipinski definition) is 0. The molecule has 7 heteroatoms. The maximum absolute atomic E-state index is 12.2. The molecule has 3 heterocycles. The van der Waals surface area contributed by atoms with E-state index in [0.29, 0.717) is 11.4 Å². The van der Waals surface area contributed by atoms with Crippen molar-refractivity contribution in [3.63, 3.8) is 0 Å². The zero-order valence-electron chi connectivity index (χ0n) is 14.1. The Labute approximate surface area is 154 Å². The number of nitrogens with zero attached hydrogens (tertiary/aromatic N) is 4. The first-order chi connectivity index (χ1) is 12.7. The van der Waals surface area contributed by atoms with Crippen LogP contribution >= 0.6 is 11.8 Å². The van der Waals surface area contributed by atoms with E-state index in [1.165, 1.54) is 16.2 Å². The highest BCUT2D eigenvalue weighted by Crippen LogP contribution is 2.24. The van der Waals surface area contributed by atoms with Gasteiger partial charge in [0.2, 0.25) is 0 Å². The van der Waals surface area contributed by atoms with Gasteiger partial charge in [0, 0.05) is 36.1 Å². The SMILES string of the molecule is COc1ccc(-n2ccnc2SCc2cc(=O)n3ccccc3n2)cc1. The highest BCUT2D eigenvalue weighted by molar-refractivity contribution is 7.98. The molecule has 130 valence electrons. The Kier molecular flexibility index (Phi) is 4.45. The molecule has 0 amide bonds. The van der Waals surface area contributed by atoms with Crippen molar-refractivity contribution in [1.82, 2.24) is 18.9 Å². The maximum atomic E-state index is 12.2. The van der Waals surface area contributed by atoms with E-state index < -0.39 is 0 Å². The van der Waals surface area contributed by atoms with Gasteiger partial charge in [-0.25, -0.2) is 9.97 Å². The summed E-state index contributed by atoms with van der Waals surface area (Å²) in [7, 11) is 1.65. The van der Waals surface area contributed by atoms with Gasteiger partial charge >= 0.3 is 0 Å². The lowest BCUT2D eigenvalue weighted by molar-refractivity contribution is 0.414. The van der Waals surface area contributed by atoms with Gasteiger partial charge < -0.3 is 4.74 Å². The van der Waals surface area contributed by atoms with Crippen LogP contribution in [0.25, 0.3) is 11.3 Å². The third kappa shape index (κ3) is 3.21. The lowest BCUT2D eigenvalue weighted by Crippen LogP contribution is -2.14. The number of hydrogen-bond acceptors (Lipinski definition) is 5. The van der Waals surface area contributed by atoms with Gasteiger partial charge in [0.15, 0.2) is 5.16 Å². The second kappa shape index (κ2) is 7.05. The van der Waals surface area contributed by atoms with Crippen molar-refractivity contribution >= 4 is 17.4 Å². The van der Waals surface area contributed by atoms with Gasteiger partial charge in [0.25, 0.3) is 5.56 Å². The number of methoxy groups -OCH3 is 1. The fourth-order valence-corrected chi connectivity index (χ4v) is 3.52. The number of ether oxygens (including phenoxy) is 1. The molecular weight excluding hydrogens is 348 g/mol. The van der Waals surface area contributed by atoms with E-state index in [1.54, 1.807) is 25.6 Å². The van der Waals surface area contributed by atoms with Crippen molar-refractivity contribution in [2.75, 3.05) is 7.11 Å². The summed E-state index contributed by atoms with van der Waals surface area (Å²) in [6.07, 6.45) is 5.39. The minimum absolute atomic E-state index is 0.0790. The summed E-state index contributed by atoms with van der Waals surface area (Å²) < 4.78 is 8.73. The van der Waals surface area contributed by atoms with Crippen LogP contribution in [0.3, 0.4) is 0 Å². The summed E-state index contributed by atoms with van der Waals surface area (Å²) >= 11 is 1.54. The van der Waals surface area contributed by atoms with E-state index in [2.05, 4.69) is 9.97 Å². The lowest BCUT2D eigenvalue weighted by atomic mass is 10.3. The highest BCUT2D eigenvalue weighted by atomic mass is 32.2. The molecule has 0 aliphatic heterocycles. The quantitative estimate of drug-likeness (QED) is 0.509. The Morgan fingerprint density at radius 2 is 1.96 bits per heavy atom. The molecule has 0 saturated heterocycles. The molecule has 0 N–H and O–H groups in total. The Morgan fingerprint density at radius 3 is 2.77 bits per heavy atom. The number of aromatic nitrogens is 4. The van der Waals surface area contributed by atoms with E-state index in [9.17, 15) is 4.79 Å². The Balaban J connectivity index is 1.57. The van der Waals surface area contributed by atoms with Crippen LogP contribution < -0.4 is 10.3 Å². The van der Waals surface area contributed by atoms with Crippen molar-refractivity contribution in [3.8, 4) is 11.4 Å². The predicted octanol–water partition coefficient (Wildman–Crippen LogP) is 3.18. The van der Waals surface area contributed by atoms with Gasteiger partial charge in [0.1, 0.15) is 11.4 Å². The van der Waals surface area contributed by atoms with E-state index >= 15 is 0 Å².